The van der Waals surface area contributed by atoms with Crippen LogP contribution in [-0.2, 0) is 16.1 Å². The molecular formula is C22H21N5O2. The maximum Gasteiger partial charge on any atom is 0.270 e. The monoisotopic (exact) mass is 387 g/mol. The number of hydrogen-bond acceptors (Lipinski definition) is 4. The second kappa shape index (κ2) is 8.10. The quantitative estimate of drug-likeness (QED) is 0.731. The molecule has 7 nitrogen and oxygen atoms in total. The number of nitrogens with zero attached hydrogens (tertiary/aromatic N) is 4. The van der Waals surface area contributed by atoms with Crippen LogP contribution in [-0.4, -0.2) is 39.3 Å². The Hall–Kier alpha value is -3.74. The molecule has 1 N–H and O–H groups in total. The van der Waals surface area contributed by atoms with Crippen molar-refractivity contribution in [1.82, 2.24) is 20.1 Å². The molecule has 2 amide bonds. The van der Waals surface area contributed by atoms with E-state index in [-0.39, 0.29) is 18.2 Å². The first kappa shape index (κ1) is 18.6. The molecule has 0 aliphatic carbocycles. The van der Waals surface area contributed by atoms with Crippen molar-refractivity contribution in [3.8, 4) is 16.9 Å². The summed E-state index contributed by atoms with van der Waals surface area (Å²) in [6, 6.07) is 19.8. The maximum atomic E-state index is 12.8. The van der Waals surface area contributed by atoms with Gasteiger partial charge in [-0.05, 0) is 12.1 Å². The number of nitrogens with one attached hydrogen (secondary N) is 1. The fraction of sp³-hybridized carbons (Fsp3) is 0.182. The van der Waals surface area contributed by atoms with Crippen LogP contribution in [0.3, 0.4) is 0 Å². The number of para-hydroxylation sites is 1. The molecule has 1 aliphatic rings. The first-order valence-corrected chi connectivity index (χ1v) is 9.42. The van der Waals surface area contributed by atoms with E-state index in [4.69, 9.17) is 5.10 Å². The highest BCUT2D eigenvalue weighted by Gasteiger charge is 2.23. The highest BCUT2D eigenvalue weighted by Crippen LogP contribution is 2.25. The largest absolute Gasteiger partial charge is 0.336 e. The van der Waals surface area contributed by atoms with E-state index < -0.39 is 0 Å². The average molecular weight is 387 g/mol. The van der Waals surface area contributed by atoms with Gasteiger partial charge in [-0.1, -0.05) is 48.5 Å². The number of rotatable bonds is 5. The van der Waals surface area contributed by atoms with Crippen molar-refractivity contribution >= 4 is 17.5 Å². The number of hydrazone groups is 1. The Morgan fingerprint density at radius 1 is 1.07 bits per heavy atom. The van der Waals surface area contributed by atoms with E-state index in [0.29, 0.717) is 18.7 Å². The lowest BCUT2D eigenvalue weighted by atomic mass is 10.1. The summed E-state index contributed by atoms with van der Waals surface area (Å²) < 4.78 is 1.83. The van der Waals surface area contributed by atoms with Gasteiger partial charge in [-0.15, -0.1) is 0 Å². The molecule has 0 fully saturated rings. The molecule has 0 saturated carbocycles. The van der Waals surface area contributed by atoms with Gasteiger partial charge in [0.25, 0.3) is 5.91 Å². The van der Waals surface area contributed by atoms with Crippen LogP contribution in [0.5, 0.6) is 0 Å². The molecule has 0 bridgehead atoms. The summed E-state index contributed by atoms with van der Waals surface area (Å²) in [6.45, 7) is 0.378. The fourth-order valence-corrected chi connectivity index (χ4v) is 3.25. The van der Waals surface area contributed by atoms with Crippen molar-refractivity contribution in [1.29, 1.82) is 0 Å². The third-order valence-corrected chi connectivity index (χ3v) is 4.76. The minimum Gasteiger partial charge on any atom is -0.336 e. The van der Waals surface area contributed by atoms with Crippen molar-refractivity contribution in [2.24, 2.45) is 5.10 Å². The zero-order valence-electron chi connectivity index (χ0n) is 16.1. The van der Waals surface area contributed by atoms with Gasteiger partial charge in [0, 0.05) is 43.8 Å². The van der Waals surface area contributed by atoms with Gasteiger partial charge in [0.05, 0.1) is 11.4 Å². The molecular weight excluding hydrogens is 366 g/mol. The van der Waals surface area contributed by atoms with Crippen LogP contribution in [0.4, 0.5) is 0 Å². The Morgan fingerprint density at radius 2 is 1.76 bits per heavy atom. The second-order valence-corrected chi connectivity index (χ2v) is 6.90. The van der Waals surface area contributed by atoms with Gasteiger partial charge in [-0.25, -0.2) is 10.1 Å². The summed E-state index contributed by atoms with van der Waals surface area (Å²) in [7, 11) is 1.73. The molecule has 4 rings (SSSR count). The van der Waals surface area contributed by atoms with E-state index in [1.165, 1.54) is 0 Å². The molecule has 2 heterocycles. The maximum absolute atomic E-state index is 12.8. The standard InChI is InChI=1S/C22H21N5O2/c1-26(22(29)19-12-13-20(28)24-23-19)14-17-15-27(18-10-6-3-7-11-18)25-21(17)16-8-4-2-5-9-16/h2-11,15H,12-14H2,1H3,(H,24,28). The van der Waals surface area contributed by atoms with E-state index in [2.05, 4.69) is 10.5 Å². The Balaban J connectivity index is 1.64. The predicted octanol–water partition coefficient (Wildman–Crippen LogP) is 2.76. The molecule has 146 valence electrons. The second-order valence-electron chi connectivity index (χ2n) is 6.90. The van der Waals surface area contributed by atoms with Crippen molar-refractivity contribution in [2.75, 3.05) is 7.05 Å². The average Bonchev–Trinajstić information content (AvgIpc) is 3.19. The lowest BCUT2D eigenvalue weighted by molar-refractivity contribution is -0.124. The molecule has 0 radical (unpaired) electrons. The van der Waals surface area contributed by atoms with Gasteiger partial charge in [0.15, 0.2) is 0 Å². The van der Waals surface area contributed by atoms with Crippen molar-refractivity contribution in [3.63, 3.8) is 0 Å². The summed E-state index contributed by atoms with van der Waals surface area (Å²) in [5.74, 6) is -0.365. The smallest absolute Gasteiger partial charge is 0.270 e. The number of carbonyl (C=O) groups excluding carboxylic acids is 2. The zero-order valence-corrected chi connectivity index (χ0v) is 16.1. The van der Waals surface area contributed by atoms with Gasteiger partial charge in [0.1, 0.15) is 5.71 Å². The van der Waals surface area contributed by atoms with Crippen LogP contribution in [0.25, 0.3) is 16.9 Å². The highest BCUT2D eigenvalue weighted by molar-refractivity contribution is 6.39. The summed E-state index contributed by atoms with van der Waals surface area (Å²) in [5.41, 5.74) is 6.43. The van der Waals surface area contributed by atoms with Crippen LogP contribution in [0.2, 0.25) is 0 Å². The molecule has 0 unspecified atom stereocenters. The van der Waals surface area contributed by atoms with Gasteiger partial charge in [0.2, 0.25) is 5.91 Å². The molecule has 0 spiro atoms. The van der Waals surface area contributed by atoms with Crippen molar-refractivity contribution in [2.45, 2.75) is 19.4 Å². The van der Waals surface area contributed by atoms with E-state index in [0.717, 1.165) is 22.5 Å². The first-order chi connectivity index (χ1) is 14.1. The Labute approximate surface area is 168 Å². The fourth-order valence-electron chi connectivity index (χ4n) is 3.25. The SMILES string of the molecule is CN(Cc1cn(-c2ccccc2)nc1-c1ccccc1)C(=O)C1=NNC(=O)CC1. The Morgan fingerprint density at radius 3 is 2.41 bits per heavy atom. The summed E-state index contributed by atoms with van der Waals surface area (Å²) >= 11 is 0. The van der Waals surface area contributed by atoms with Crippen LogP contribution in [0, 0.1) is 0 Å². The first-order valence-electron chi connectivity index (χ1n) is 9.42. The topological polar surface area (TPSA) is 79.6 Å². The van der Waals surface area contributed by atoms with E-state index >= 15 is 0 Å². The summed E-state index contributed by atoms with van der Waals surface area (Å²) in [4.78, 5) is 25.6. The number of carbonyl (C=O) groups is 2. The molecule has 3 aromatic rings. The zero-order chi connectivity index (χ0) is 20.2. The van der Waals surface area contributed by atoms with Gasteiger partial charge in [-0.2, -0.15) is 10.2 Å². The van der Waals surface area contributed by atoms with Gasteiger partial charge < -0.3 is 4.90 Å². The third kappa shape index (κ3) is 4.08. The Kier molecular flexibility index (Phi) is 5.20. The lowest BCUT2D eigenvalue weighted by Crippen LogP contribution is -2.37. The Bertz CT molecular complexity index is 1060. The number of hydrogen-bond donors (Lipinski definition) is 1. The minimum atomic E-state index is -0.198. The summed E-state index contributed by atoms with van der Waals surface area (Å²) in [5, 5.41) is 8.69. The molecule has 1 aromatic heterocycles. The minimum absolute atomic E-state index is 0.167. The number of aromatic nitrogens is 2. The van der Waals surface area contributed by atoms with Gasteiger partial charge >= 0.3 is 0 Å². The lowest BCUT2D eigenvalue weighted by Gasteiger charge is -2.19. The van der Waals surface area contributed by atoms with Crippen LogP contribution in [0.15, 0.2) is 72.0 Å². The van der Waals surface area contributed by atoms with Crippen LogP contribution in [0.1, 0.15) is 18.4 Å². The van der Waals surface area contributed by atoms with Crippen LogP contribution >= 0.6 is 0 Å². The third-order valence-electron chi connectivity index (χ3n) is 4.76. The molecule has 29 heavy (non-hydrogen) atoms. The summed E-state index contributed by atoms with van der Waals surface area (Å²) in [6.07, 6.45) is 2.58. The number of benzene rings is 2. The molecule has 7 heteroatoms. The molecule has 2 aromatic carbocycles. The normalized spacial score (nSPS) is 13.6. The molecule has 0 saturated heterocycles. The van der Waals surface area contributed by atoms with E-state index in [1.807, 2.05) is 71.5 Å². The van der Waals surface area contributed by atoms with Crippen molar-refractivity contribution < 1.29 is 9.59 Å². The van der Waals surface area contributed by atoms with E-state index in [1.54, 1.807) is 11.9 Å². The molecule has 1 aliphatic heterocycles. The van der Waals surface area contributed by atoms with Crippen molar-refractivity contribution in [3.05, 3.63) is 72.4 Å². The van der Waals surface area contributed by atoms with Crippen LogP contribution < -0.4 is 5.43 Å². The highest BCUT2D eigenvalue weighted by atomic mass is 16.2. The molecule has 0 atom stereocenters. The predicted molar refractivity (Wildman–Crippen MR) is 110 cm³/mol. The van der Waals surface area contributed by atoms with E-state index in [9.17, 15) is 9.59 Å². The number of amides is 2. The van der Waals surface area contributed by atoms with Gasteiger partial charge in [-0.3, -0.25) is 9.59 Å².